The molecule has 0 aromatic heterocycles. The van der Waals surface area contributed by atoms with Crippen LogP contribution in [-0.2, 0) is 19.7 Å². The van der Waals surface area contributed by atoms with Gasteiger partial charge < -0.3 is 20.1 Å². The number of morpholine rings is 1. The first kappa shape index (κ1) is 19.8. The van der Waals surface area contributed by atoms with Gasteiger partial charge in [0.2, 0.25) is 5.91 Å². The van der Waals surface area contributed by atoms with E-state index < -0.39 is 23.1 Å². The first-order valence-electron chi connectivity index (χ1n) is 9.11. The van der Waals surface area contributed by atoms with Crippen molar-refractivity contribution >= 4 is 23.3 Å². The molecule has 7 heteroatoms. The van der Waals surface area contributed by atoms with Crippen LogP contribution >= 0.6 is 0 Å². The Bertz CT molecular complexity index is 853. The third kappa shape index (κ3) is 4.31. The molecule has 148 valence electrons. The molecule has 6 nitrogen and oxygen atoms in total. The molecule has 0 unspecified atom stereocenters. The Hall–Kier alpha value is -2.93. The van der Waals surface area contributed by atoms with Gasteiger partial charge in [-0.2, -0.15) is 0 Å². The quantitative estimate of drug-likeness (QED) is 0.798. The highest BCUT2D eigenvalue weighted by molar-refractivity contribution is 5.96. The van der Waals surface area contributed by atoms with E-state index in [0.29, 0.717) is 43.2 Å². The molecule has 2 aromatic carbocycles. The zero-order valence-electron chi connectivity index (χ0n) is 15.7. The minimum absolute atomic E-state index is 0.265. The molecule has 1 aliphatic heterocycles. The topological polar surface area (TPSA) is 78.9 Å². The lowest BCUT2D eigenvalue weighted by Crippen LogP contribution is -2.37. The van der Waals surface area contributed by atoms with Gasteiger partial charge in [0.05, 0.1) is 24.3 Å². The van der Waals surface area contributed by atoms with Crippen LogP contribution in [0.5, 0.6) is 0 Å². The number of anilines is 2. The van der Waals surface area contributed by atoms with Gasteiger partial charge in [-0.3, -0.25) is 9.59 Å². The lowest BCUT2D eigenvalue weighted by molar-refractivity contribution is -0.145. The van der Waals surface area contributed by atoms with E-state index >= 15 is 0 Å². The van der Waals surface area contributed by atoms with Gasteiger partial charge in [0.25, 0.3) is 0 Å². The number of rotatable bonds is 6. The summed E-state index contributed by atoms with van der Waals surface area (Å²) in [5.74, 6) is -2.03. The first-order chi connectivity index (χ1) is 13.4. The van der Waals surface area contributed by atoms with Gasteiger partial charge >= 0.3 is 5.97 Å². The SMILES string of the molecule is C[C@](CC(=O)Nc1ccc(N2CCOCC2)c(F)c1)(C(=O)O)c1ccccc1. The summed E-state index contributed by atoms with van der Waals surface area (Å²) in [5.41, 5.74) is -0.0924. The van der Waals surface area contributed by atoms with Gasteiger partial charge in [-0.25, -0.2) is 4.39 Å². The highest BCUT2D eigenvalue weighted by Gasteiger charge is 2.37. The largest absolute Gasteiger partial charge is 0.481 e. The number of carboxylic acids is 1. The molecule has 2 aromatic rings. The molecule has 0 radical (unpaired) electrons. The molecule has 2 N–H and O–H groups in total. The number of carbonyl (C=O) groups is 2. The summed E-state index contributed by atoms with van der Waals surface area (Å²) in [6, 6.07) is 13.1. The predicted molar refractivity (Wildman–Crippen MR) is 104 cm³/mol. The fourth-order valence-corrected chi connectivity index (χ4v) is 3.28. The standard InChI is InChI=1S/C21H23FN2O4/c1-21(20(26)27,15-5-3-2-4-6-15)14-19(25)23-16-7-8-18(17(22)13-16)24-9-11-28-12-10-24/h2-8,13H,9-12,14H2,1H3,(H,23,25)(H,26,27)/t21-/m1/s1. The van der Waals surface area contributed by atoms with E-state index in [9.17, 15) is 19.1 Å². The zero-order valence-corrected chi connectivity index (χ0v) is 15.7. The third-order valence-electron chi connectivity index (χ3n) is 4.98. The number of ether oxygens (including phenoxy) is 1. The fraction of sp³-hybridized carbons (Fsp3) is 0.333. The van der Waals surface area contributed by atoms with Crippen molar-refractivity contribution in [2.24, 2.45) is 0 Å². The molecule has 0 bridgehead atoms. The van der Waals surface area contributed by atoms with Crippen molar-refractivity contribution in [2.75, 3.05) is 36.5 Å². The van der Waals surface area contributed by atoms with E-state index in [4.69, 9.17) is 4.74 Å². The van der Waals surface area contributed by atoms with E-state index in [1.807, 2.05) is 4.90 Å². The molecule has 1 atom stereocenters. The van der Waals surface area contributed by atoms with Gasteiger partial charge in [0, 0.05) is 25.2 Å². The van der Waals surface area contributed by atoms with Crippen molar-refractivity contribution in [2.45, 2.75) is 18.8 Å². The number of amides is 1. The van der Waals surface area contributed by atoms with Crippen LogP contribution < -0.4 is 10.2 Å². The van der Waals surface area contributed by atoms with Crippen molar-refractivity contribution in [1.29, 1.82) is 0 Å². The molecule has 28 heavy (non-hydrogen) atoms. The van der Waals surface area contributed by atoms with Gasteiger partial charge in [-0.05, 0) is 30.7 Å². The Morgan fingerprint density at radius 3 is 2.46 bits per heavy atom. The van der Waals surface area contributed by atoms with Crippen molar-refractivity contribution < 1.29 is 23.8 Å². The second-order valence-corrected chi connectivity index (χ2v) is 6.99. The van der Waals surface area contributed by atoms with E-state index in [1.165, 1.54) is 13.0 Å². The fourth-order valence-electron chi connectivity index (χ4n) is 3.28. The minimum Gasteiger partial charge on any atom is -0.481 e. The molecule has 0 spiro atoms. The predicted octanol–water partition coefficient (Wildman–Crippen LogP) is 3.03. The second kappa shape index (κ2) is 8.39. The van der Waals surface area contributed by atoms with Gasteiger partial charge in [0.1, 0.15) is 5.82 Å². The number of hydrogen-bond donors (Lipinski definition) is 2. The maximum Gasteiger partial charge on any atom is 0.314 e. The molecule has 1 aliphatic rings. The maximum atomic E-state index is 14.5. The molecular formula is C21H23FN2O4. The van der Waals surface area contributed by atoms with E-state index in [1.54, 1.807) is 42.5 Å². The summed E-state index contributed by atoms with van der Waals surface area (Å²) in [6.07, 6.45) is -0.265. The maximum absolute atomic E-state index is 14.5. The zero-order chi connectivity index (χ0) is 20.1. The number of carbonyl (C=O) groups excluding carboxylic acids is 1. The van der Waals surface area contributed by atoms with Crippen LogP contribution in [-0.4, -0.2) is 43.3 Å². The molecule has 1 saturated heterocycles. The Labute approximate surface area is 162 Å². The molecule has 1 fully saturated rings. The third-order valence-corrected chi connectivity index (χ3v) is 4.98. The van der Waals surface area contributed by atoms with Crippen LogP contribution in [0.25, 0.3) is 0 Å². The lowest BCUT2D eigenvalue weighted by Gasteiger charge is -2.29. The van der Waals surface area contributed by atoms with Crippen LogP contribution in [0.4, 0.5) is 15.8 Å². The average Bonchev–Trinajstić information content (AvgIpc) is 2.69. The Morgan fingerprint density at radius 1 is 1.18 bits per heavy atom. The number of benzene rings is 2. The Balaban J connectivity index is 1.71. The van der Waals surface area contributed by atoms with Crippen molar-refractivity contribution in [1.82, 2.24) is 0 Å². The normalized spacial score (nSPS) is 16.3. The van der Waals surface area contributed by atoms with Gasteiger partial charge in [-0.1, -0.05) is 30.3 Å². The number of hydrogen-bond acceptors (Lipinski definition) is 4. The highest BCUT2D eigenvalue weighted by atomic mass is 19.1. The van der Waals surface area contributed by atoms with Crippen LogP contribution in [0, 0.1) is 5.82 Å². The van der Waals surface area contributed by atoms with Crippen LogP contribution in [0.3, 0.4) is 0 Å². The smallest absolute Gasteiger partial charge is 0.314 e. The summed E-state index contributed by atoms with van der Waals surface area (Å²) >= 11 is 0. The number of carboxylic acid groups (broad SMARTS) is 1. The second-order valence-electron chi connectivity index (χ2n) is 6.99. The molecule has 0 saturated carbocycles. The number of aliphatic carboxylic acids is 1. The van der Waals surface area contributed by atoms with Gasteiger partial charge in [-0.15, -0.1) is 0 Å². The highest BCUT2D eigenvalue weighted by Crippen LogP contribution is 2.29. The molecule has 0 aliphatic carbocycles. The van der Waals surface area contributed by atoms with Crippen LogP contribution in [0.15, 0.2) is 48.5 Å². The first-order valence-corrected chi connectivity index (χ1v) is 9.11. The lowest BCUT2D eigenvalue weighted by atomic mass is 9.79. The monoisotopic (exact) mass is 386 g/mol. The van der Waals surface area contributed by atoms with Crippen molar-refractivity contribution in [3.05, 3.63) is 59.9 Å². The molecule has 1 heterocycles. The Kier molecular flexibility index (Phi) is 5.94. The van der Waals surface area contributed by atoms with Crippen LogP contribution in [0.2, 0.25) is 0 Å². The van der Waals surface area contributed by atoms with Crippen LogP contribution in [0.1, 0.15) is 18.9 Å². The number of halogens is 1. The summed E-state index contributed by atoms with van der Waals surface area (Å²) < 4.78 is 19.8. The van der Waals surface area contributed by atoms with Crippen molar-refractivity contribution in [3.63, 3.8) is 0 Å². The molecular weight excluding hydrogens is 363 g/mol. The molecule has 1 amide bonds. The summed E-state index contributed by atoms with van der Waals surface area (Å²) in [6.45, 7) is 3.82. The minimum atomic E-state index is -1.38. The number of nitrogens with zero attached hydrogens (tertiary/aromatic N) is 1. The van der Waals surface area contributed by atoms with Gasteiger partial charge in [0.15, 0.2) is 0 Å². The summed E-state index contributed by atoms with van der Waals surface area (Å²) in [5, 5.41) is 12.3. The van der Waals surface area contributed by atoms with Crippen molar-refractivity contribution in [3.8, 4) is 0 Å². The summed E-state index contributed by atoms with van der Waals surface area (Å²) in [4.78, 5) is 26.2. The van der Waals surface area contributed by atoms with E-state index in [0.717, 1.165) is 0 Å². The summed E-state index contributed by atoms with van der Waals surface area (Å²) in [7, 11) is 0. The van der Waals surface area contributed by atoms with E-state index in [-0.39, 0.29) is 6.42 Å². The Morgan fingerprint density at radius 2 is 1.86 bits per heavy atom. The average molecular weight is 386 g/mol. The molecule has 3 rings (SSSR count). The van der Waals surface area contributed by atoms with E-state index in [2.05, 4.69) is 5.32 Å². The number of nitrogens with one attached hydrogen (secondary N) is 1.